The summed E-state index contributed by atoms with van der Waals surface area (Å²) >= 11 is 0. The first-order chi connectivity index (χ1) is 12.0. The highest BCUT2D eigenvalue weighted by Gasteiger charge is 2.71. The molecular weight excluding hydrogens is 352 g/mol. The summed E-state index contributed by atoms with van der Waals surface area (Å²) in [7, 11) is -3.40. The second-order valence-corrected chi connectivity index (χ2v) is 10.2. The van der Waals surface area contributed by atoms with Gasteiger partial charge in [-0.2, -0.15) is 0 Å². The molecule has 0 radical (unpaired) electrons. The lowest BCUT2D eigenvalue weighted by molar-refractivity contribution is 0.0497. The van der Waals surface area contributed by atoms with Crippen LogP contribution in [-0.4, -0.2) is 43.2 Å². The Morgan fingerprint density at radius 1 is 1.23 bits per heavy atom. The molecule has 0 saturated heterocycles. The highest BCUT2D eigenvalue weighted by Crippen LogP contribution is 2.55. The molecule has 2 rings (SSSR count). The largest absolute Gasteiger partial charge is 0.444 e. The van der Waals surface area contributed by atoms with E-state index in [0.29, 0.717) is 0 Å². The molecule has 1 aromatic rings. The Morgan fingerprint density at radius 3 is 2.23 bits per heavy atom. The van der Waals surface area contributed by atoms with E-state index in [1.54, 1.807) is 27.7 Å². The number of benzene rings is 1. The van der Waals surface area contributed by atoms with Crippen molar-refractivity contribution in [1.29, 1.82) is 0 Å². The lowest BCUT2D eigenvalue weighted by atomic mass is 10.0. The van der Waals surface area contributed by atoms with Gasteiger partial charge in [-0.1, -0.05) is 38.1 Å². The molecule has 0 aliphatic heterocycles. The van der Waals surface area contributed by atoms with Crippen LogP contribution in [0.5, 0.6) is 0 Å². The Hall–Kier alpha value is -1.60. The Kier molecular flexibility index (Phi) is 5.73. The molecule has 6 nitrogen and oxygen atoms in total. The third-order valence-electron chi connectivity index (χ3n) is 4.86. The molecule has 0 aromatic heterocycles. The molecule has 1 fully saturated rings. The van der Waals surface area contributed by atoms with Gasteiger partial charge in [-0.3, -0.25) is 0 Å². The molecule has 26 heavy (non-hydrogen) atoms. The van der Waals surface area contributed by atoms with Gasteiger partial charge < -0.3 is 15.8 Å². The summed E-state index contributed by atoms with van der Waals surface area (Å²) in [6.45, 7) is 8.97. The number of hydrogen-bond donors (Lipinski definition) is 2. The molecule has 3 N–H and O–H groups in total. The molecule has 1 aromatic carbocycles. The highest BCUT2D eigenvalue weighted by atomic mass is 32.2. The number of rotatable bonds is 6. The van der Waals surface area contributed by atoms with Crippen LogP contribution >= 0.6 is 0 Å². The molecular formula is C19H30N2O4S. The van der Waals surface area contributed by atoms with E-state index in [0.717, 1.165) is 12.0 Å². The molecule has 0 unspecified atom stereocenters. The highest BCUT2D eigenvalue weighted by molar-refractivity contribution is 7.92. The Morgan fingerprint density at radius 2 is 1.81 bits per heavy atom. The normalized spacial score (nSPS) is 25.6. The maximum atomic E-state index is 12.7. The van der Waals surface area contributed by atoms with Crippen molar-refractivity contribution in [2.24, 2.45) is 5.73 Å². The van der Waals surface area contributed by atoms with Crippen molar-refractivity contribution in [3.8, 4) is 0 Å². The van der Waals surface area contributed by atoms with E-state index in [9.17, 15) is 13.2 Å². The lowest BCUT2D eigenvalue weighted by Gasteiger charge is -2.24. The van der Waals surface area contributed by atoms with Crippen LogP contribution < -0.4 is 11.1 Å². The Labute approximate surface area is 156 Å². The number of ether oxygens (including phenoxy) is 1. The number of sulfone groups is 1. The summed E-state index contributed by atoms with van der Waals surface area (Å²) in [6.07, 6.45) is 0.256. The van der Waals surface area contributed by atoms with Crippen molar-refractivity contribution >= 4 is 15.9 Å². The number of hydrogen-bond acceptors (Lipinski definition) is 5. The van der Waals surface area contributed by atoms with Crippen LogP contribution in [0.4, 0.5) is 4.79 Å². The summed E-state index contributed by atoms with van der Waals surface area (Å²) in [5, 5.41) is 2.03. The minimum absolute atomic E-state index is 0.00103. The molecule has 7 heteroatoms. The number of nitrogens with one attached hydrogen (secondary N) is 1. The van der Waals surface area contributed by atoms with Crippen LogP contribution in [0.15, 0.2) is 24.3 Å². The van der Waals surface area contributed by atoms with Crippen LogP contribution in [-0.2, 0) is 21.0 Å². The SMILES string of the molecule is CCc1ccc([C@H]2[C@H](S(=O)(=O)CC)[C@@]2(CN)NC(=O)OC(C)(C)C)cc1. The molecule has 0 heterocycles. The quantitative estimate of drug-likeness (QED) is 0.787. The number of amides is 1. The average Bonchev–Trinajstić information content (AvgIpc) is 3.22. The van der Waals surface area contributed by atoms with Gasteiger partial charge in [0.15, 0.2) is 9.84 Å². The minimum Gasteiger partial charge on any atom is -0.444 e. The fourth-order valence-corrected chi connectivity index (χ4v) is 5.52. The Balaban J connectivity index is 2.38. The van der Waals surface area contributed by atoms with Crippen molar-refractivity contribution < 1.29 is 17.9 Å². The van der Waals surface area contributed by atoms with Gasteiger partial charge in [0.2, 0.25) is 0 Å². The molecule has 1 aliphatic rings. The zero-order valence-electron chi connectivity index (χ0n) is 16.2. The predicted molar refractivity (Wildman–Crippen MR) is 103 cm³/mol. The summed E-state index contributed by atoms with van der Waals surface area (Å²) in [5.74, 6) is -0.380. The van der Waals surface area contributed by atoms with Crippen molar-refractivity contribution in [3.63, 3.8) is 0 Å². The summed E-state index contributed by atoms with van der Waals surface area (Å²) in [5.41, 5.74) is 6.30. The Bertz CT molecular complexity index is 753. The van der Waals surface area contributed by atoms with Crippen LogP contribution in [0.25, 0.3) is 0 Å². The first kappa shape index (κ1) is 20.7. The van der Waals surface area contributed by atoms with Crippen molar-refractivity contribution in [2.45, 2.75) is 63.3 Å². The number of nitrogens with two attached hydrogens (primary N) is 1. The standard InChI is InChI=1S/C19H30N2O4S/c1-6-13-8-10-14(11-9-13)15-16(26(23,24)7-2)19(15,12-20)21-17(22)25-18(3,4)5/h8-11,15-16H,6-7,12,20H2,1-5H3,(H,21,22)/t15-,16-,19-/m0/s1. The average molecular weight is 383 g/mol. The number of alkyl carbamates (subject to hydrolysis) is 1. The first-order valence-corrected chi connectivity index (χ1v) is 10.7. The van der Waals surface area contributed by atoms with Gasteiger partial charge in [0.05, 0.1) is 10.8 Å². The number of carbonyl (C=O) groups excluding carboxylic acids is 1. The molecule has 0 spiro atoms. The van der Waals surface area contributed by atoms with Crippen LogP contribution in [0.2, 0.25) is 0 Å². The van der Waals surface area contributed by atoms with Gasteiger partial charge in [-0.05, 0) is 38.3 Å². The van der Waals surface area contributed by atoms with Gasteiger partial charge in [0.1, 0.15) is 5.60 Å². The van der Waals surface area contributed by atoms with Gasteiger partial charge >= 0.3 is 6.09 Å². The zero-order valence-corrected chi connectivity index (χ0v) is 17.0. The first-order valence-electron chi connectivity index (χ1n) is 9.02. The molecule has 3 atom stereocenters. The summed E-state index contributed by atoms with van der Waals surface area (Å²) in [4.78, 5) is 12.3. The van der Waals surface area contributed by atoms with Gasteiger partial charge in [0, 0.05) is 18.2 Å². The summed E-state index contributed by atoms with van der Waals surface area (Å²) < 4.78 is 30.7. The van der Waals surface area contributed by atoms with Crippen molar-refractivity contribution in [2.75, 3.05) is 12.3 Å². The van der Waals surface area contributed by atoms with E-state index in [1.165, 1.54) is 5.56 Å². The molecule has 1 saturated carbocycles. The van der Waals surface area contributed by atoms with E-state index < -0.39 is 32.3 Å². The van der Waals surface area contributed by atoms with E-state index >= 15 is 0 Å². The van der Waals surface area contributed by atoms with E-state index in [-0.39, 0.29) is 18.2 Å². The lowest BCUT2D eigenvalue weighted by Crippen LogP contribution is -2.49. The molecule has 1 amide bonds. The number of carbonyl (C=O) groups is 1. The topological polar surface area (TPSA) is 98.5 Å². The maximum absolute atomic E-state index is 12.7. The fourth-order valence-electron chi connectivity index (χ4n) is 3.48. The number of aryl methyl sites for hydroxylation is 1. The van der Waals surface area contributed by atoms with Crippen molar-refractivity contribution in [3.05, 3.63) is 35.4 Å². The fraction of sp³-hybridized carbons (Fsp3) is 0.632. The van der Waals surface area contributed by atoms with Gasteiger partial charge in [-0.15, -0.1) is 0 Å². The van der Waals surface area contributed by atoms with E-state index in [2.05, 4.69) is 12.2 Å². The van der Waals surface area contributed by atoms with Crippen molar-refractivity contribution in [1.82, 2.24) is 5.32 Å². The zero-order chi connectivity index (χ0) is 19.8. The monoisotopic (exact) mass is 382 g/mol. The van der Waals surface area contributed by atoms with E-state index in [1.807, 2.05) is 24.3 Å². The van der Waals surface area contributed by atoms with Gasteiger partial charge in [0.25, 0.3) is 0 Å². The molecule has 0 bridgehead atoms. The third-order valence-corrected chi connectivity index (χ3v) is 7.14. The third kappa shape index (κ3) is 4.04. The smallest absolute Gasteiger partial charge is 0.408 e. The second-order valence-electron chi connectivity index (χ2n) is 7.82. The molecule has 146 valence electrons. The predicted octanol–water partition coefficient (Wildman–Crippen LogP) is 2.37. The van der Waals surface area contributed by atoms with Gasteiger partial charge in [-0.25, -0.2) is 13.2 Å². The maximum Gasteiger partial charge on any atom is 0.408 e. The second kappa shape index (κ2) is 7.19. The minimum atomic E-state index is -3.40. The van der Waals surface area contributed by atoms with Crippen LogP contribution in [0.3, 0.4) is 0 Å². The summed E-state index contributed by atoms with van der Waals surface area (Å²) in [6, 6.07) is 7.82. The van der Waals surface area contributed by atoms with Crippen LogP contribution in [0, 0.1) is 0 Å². The van der Waals surface area contributed by atoms with Crippen LogP contribution in [0.1, 0.15) is 51.7 Å². The molecule has 1 aliphatic carbocycles. The van der Waals surface area contributed by atoms with E-state index in [4.69, 9.17) is 10.5 Å².